The third-order valence-corrected chi connectivity index (χ3v) is 5.18. The van der Waals surface area contributed by atoms with Crippen molar-refractivity contribution in [2.24, 2.45) is 11.1 Å². The lowest BCUT2D eigenvalue weighted by Crippen LogP contribution is -2.23. The van der Waals surface area contributed by atoms with Crippen molar-refractivity contribution in [1.82, 2.24) is 0 Å². The predicted octanol–water partition coefficient (Wildman–Crippen LogP) is 3.86. The van der Waals surface area contributed by atoms with E-state index in [1.54, 1.807) is 0 Å². The van der Waals surface area contributed by atoms with E-state index in [9.17, 15) is 4.21 Å². The van der Waals surface area contributed by atoms with Crippen molar-refractivity contribution in [3.63, 3.8) is 0 Å². The fourth-order valence-electron chi connectivity index (χ4n) is 2.01. The summed E-state index contributed by atoms with van der Waals surface area (Å²) in [7, 11) is -0.896. The molecule has 0 amide bonds. The molecular weight excluding hydrogens is 266 g/mol. The maximum Gasteiger partial charge on any atom is 0.0529 e. The fourth-order valence-corrected chi connectivity index (χ4v) is 3.09. The third kappa shape index (κ3) is 5.37. The highest BCUT2D eigenvalue weighted by atomic mass is 32.2. The largest absolute Gasteiger partial charge is 0.330 e. The fraction of sp³-hybridized carbons (Fsp3) is 0.647. The molecule has 0 spiro atoms. The van der Waals surface area contributed by atoms with Gasteiger partial charge < -0.3 is 5.73 Å². The van der Waals surface area contributed by atoms with Crippen LogP contribution in [0.2, 0.25) is 0 Å². The Hall–Kier alpha value is -0.670. The molecule has 1 rings (SSSR count). The lowest BCUT2D eigenvalue weighted by Gasteiger charge is -2.22. The van der Waals surface area contributed by atoms with Gasteiger partial charge in [0.1, 0.15) is 0 Å². The van der Waals surface area contributed by atoms with Crippen molar-refractivity contribution >= 4 is 10.8 Å². The van der Waals surface area contributed by atoms with Crippen LogP contribution in [0.4, 0.5) is 0 Å². The molecule has 0 aliphatic heterocycles. The summed E-state index contributed by atoms with van der Waals surface area (Å²) in [5, 5.41) is 0. The lowest BCUT2D eigenvalue weighted by molar-refractivity contribution is 0.344. The highest BCUT2D eigenvalue weighted by Crippen LogP contribution is 2.24. The van der Waals surface area contributed by atoms with Crippen LogP contribution in [0.1, 0.15) is 53.0 Å². The average Bonchev–Trinajstić information content (AvgIpc) is 2.37. The van der Waals surface area contributed by atoms with Gasteiger partial charge in [0.25, 0.3) is 0 Å². The molecule has 1 atom stereocenters. The molecule has 0 heterocycles. The molecular formula is C17H29NOS. The van der Waals surface area contributed by atoms with Crippen LogP contribution in [-0.4, -0.2) is 16.5 Å². The van der Waals surface area contributed by atoms with Gasteiger partial charge in [0.05, 0.1) is 10.8 Å². The maximum absolute atomic E-state index is 12.3. The van der Waals surface area contributed by atoms with E-state index < -0.39 is 10.8 Å². The van der Waals surface area contributed by atoms with Crippen LogP contribution in [0.3, 0.4) is 0 Å². The predicted molar refractivity (Wildman–Crippen MR) is 88.5 cm³/mol. The van der Waals surface area contributed by atoms with E-state index in [0.717, 1.165) is 23.5 Å². The smallest absolute Gasteiger partial charge is 0.0529 e. The zero-order valence-electron chi connectivity index (χ0n) is 13.5. The van der Waals surface area contributed by atoms with Gasteiger partial charge in [-0.1, -0.05) is 46.8 Å². The minimum absolute atomic E-state index is 0.144. The van der Waals surface area contributed by atoms with Crippen molar-refractivity contribution in [2.45, 2.75) is 57.8 Å². The second-order valence-corrected chi connectivity index (χ2v) is 8.87. The second kappa shape index (κ2) is 6.86. The summed E-state index contributed by atoms with van der Waals surface area (Å²) in [6.45, 7) is 11.6. The molecule has 1 aromatic carbocycles. The molecule has 0 radical (unpaired) electrons. The Morgan fingerprint density at radius 3 is 2.05 bits per heavy atom. The molecule has 0 fully saturated rings. The molecule has 0 saturated heterocycles. The van der Waals surface area contributed by atoms with Crippen molar-refractivity contribution in [3.8, 4) is 0 Å². The van der Waals surface area contributed by atoms with Crippen LogP contribution in [0, 0.1) is 5.41 Å². The number of hydrogen-bond donors (Lipinski definition) is 1. The van der Waals surface area contributed by atoms with E-state index in [4.69, 9.17) is 5.73 Å². The van der Waals surface area contributed by atoms with Gasteiger partial charge >= 0.3 is 0 Å². The van der Waals surface area contributed by atoms with E-state index in [1.165, 1.54) is 5.56 Å². The third-order valence-electron chi connectivity index (χ3n) is 3.72. The zero-order chi connectivity index (χ0) is 15.4. The summed E-state index contributed by atoms with van der Waals surface area (Å²) in [6.07, 6.45) is 1.98. The standard InChI is InChI=1S/C17H29NOS/c1-16(2,3)14-7-9-15(10-8-14)20(19)12-6-11-17(4,5)13-18/h7-10H,6,11-13,18H2,1-5H3. The first kappa shape index (κ1) is 17.4. The van der Waals surface area contributed by atoms with Crippen LogP contribution < -0.4 is 5.73 Å². The molecule has 1 aromatic rings. The Morgan fingerprint density at radius 1 is 1.05 bits per heavy atom. The molecule has 0 aliphatic carbocycles. The van der Waals surface area contributed by atoms with E-state index in [-0.39, 0.29) is 10.8 Å². The molecule has 0 bridgehead atoms. The van der Waals surface area contributed by atoms with Crippen LogP contribution >= 0.6 is 0 Å². The summed E-state index contributed by atoms with van der Waals surface area (Å²) in [5.74, 6) is 0.721. The highest BCUT2D eigenvalue weighted by molar-refractivity contribution is 7.85. The molecule has 114 valence electrons. The molecule has 20 heavy (non-hydrogen) atoms. The highest BCUT2D eigenvalue weighted by Gasteiger charge is 2.16. The van der Waals surface area contributed by atoms with Gasteiger partial charge in [-0.25, -0.2) is 0 Å². The van der Waals surface area contributed by atoms with E-state index in [2.05, 4.69) is 46.8 Å². The van der Waals surface area contributed by atoms with Crippen LogP contribution in [-0.2, 0) is 16.2 Å². The molecule has 0 saturated carbocycles. The quantitative estimate of drug-likeness (QED) is 0.866. The summed E-state index contributed by atoms with van der Waals surface area (Å²) in [4.78, 5) is 0.934. The molecule has 2 nitrogen and oxygen atoms in total. The molecule has 3 heteroatoms. The Balaban J connectivity index is 2.57. The number of benzene rings is 1. The number of rotatable bonds is 6. The lowest BCUT2D eigenvalue weighted by atomic mass is 9.87. The van der Waals surface area contributed by atoms with E-state index in [0.29, 0.717) is 6.54 Å². The minimum Gasteiger partial charge on any atom is -0.330 e. The first-order chi connectivity index (χ1) is 9.15. The normalized spacial score (nSPS) is 14.3. The van der Waals surface area contributed by atoms with E-state index in [1.807, 2.05) is 12.1 Å². The average molecular weight is 295 g/mol. The van der Waals surface area contributed by atoms with Crippen molar-refractivity contribution in [1.29, 1.82) is 0 Å². The van der Waals surface area contributed by atoms with Crippen LogP contribution in [0.5, 0.6) is 0 Å². The van der Waals surface area contributed by atoms with Gasteiger partial charge in [-0.2, -0.15) is 0 Å². The Labute approximate surface area is 126 Å². The monoisotopic (exact) mass is 295 g/mol. The summed E-state index contributed by atoms with van der Waals surface area (Å²) >= 11 is 0. The Bertz CT molecular complexity index is 443. The van der Waals surface area contributed by atoms with Crippen LogP contribution in [0.15, 0.2) is 29.2 Å². The van der Waals surface area contributed by atoms with E-state index >= 15 is 0 Å². The first-order valence-corrected chi connectivity index (χ1v) is 8.67. The van der Waals surface area contributed by atoms with Crippen molar-refractivity contribution in [3.05, 3.63) is 29.8 Å². The number of hydrogen-bond acceptors (Lipinski definition) is 2. The summed E-state index contributed by atoms with van der Waals surface area (Å²) in [5.41, 5.74) is 7.29. The number of nitrogens with two attached hydrogens (primary N) is 1. The van der Waals surface area contributed by atoms with Crippen LogP contribution in [0.25, 0.3) is 0 Å². The summed E-state index contributed by atoms with van der Waals surface area (Å²) < 4.78 is 12.3. The molecule has 1 unspecified atom stereocenters. The first-order valence-electron chi connectivity index (χ1n) is 7.35. The molecule has 2 N–H and O–H groups in total. The topological polar surface area (TPSA) is 43.1 Å². The van der Waals surface area contributed by atoms with Crippen molar-refractivity contribution < 1.29 is 4.21 Å². The van der Waals surface area contributed by atoms with Gasteiger partial charge in [-0.15, -0.1) is 0 Å². The maximum atomic E-state index is 12.3. The second-order valence-electron chi connectivity index (χ2n) is 7.30. The molecule has 0 aliphatic rings. The van der Waals surface area contributed by atoms with Gasteiger partial charge in [-0.05, 0) is 47.9 Å². The zero-order valence-corrected chi connectivity index (χ0v) is 14.3. The van der Waals surface area contributed by atoms with Gasteiger partial charge in [0, 0.05) is 10.6 Å². The Morgan fingerprint density at radius 2 is 1.60 bits per heavy atom. The Kier molecular flexibility index (Phi) is 5.96. The van der Waals surface area contributed by atoms with Crippen molar-refractivity contribution in [2.75, 3.05) is 12.3 Å². The minimum atomic E-state index is -0.896. The SMILES string of the molecule is CC(C)(CN)CCCS(=O)c1ccc(C(C)(C)C)cc1. The van der Waals surface area contributed by atoms with Gasteiger partial charge in [-0.3, -0.25) is 4.21 Å². The summed E-state index contributed by atoms with van der Waals surface area (Å²) in [6, 6.07) is 8.20. The van der Waals surface area contributed by atoms with Gasteiger partial charge in [0.2, 0.25) is 0 Å². The molecule has 0 aromatic heterocycles. The van der Waals surface area contributed by atoms with Gasteiger partial charge in [0.15, 0.2) is 0 Å².